The first kappa shape index (κ1) is 14.7. The van der Waals surface area contributed by atoms with Crippen LogP contribution >= 0.6 is 12.4 Å². The molecule has 0 bridgehead atoms. The number of rotatable bonds is 3. The van der Waals surface area contributed by atoms with Crippen LogP contribution in [0.5, 0.6) is 0 Å². The quantitative estimate of drug-likeness (QED) is 0.684. The van der Waals surface area contributed by atoms with Gasteiger partial charge in [-0.05, 0) is 20.5 Å². The van der Waals surface area contributed by atoms with Crippen LogP contribution in [0.1, 0.15) is 13.8 Å². The van der Waals surface area contributed by atoms with Crippen LogP contribution in [0.2, 0.25) is 0 Å². The molecule has 78 valence electrons. The van der Waals surface area contributed by atoms with Crippen molar-refractivity contribution in [1.29, 1.82) is 0 Å². The van der Waals surface area contributed by atoms with Gasteiger partial charge in [-0.1, -0.05) is 6.92 Å². The van der Waals surface area contributed by atoms with E-state index in [1.807, 2.05) is 12.2 Å². The lowest BCUT2D eigenvalue weighted by Gasteiger charge is -2.20. The van der Waals surface area contributed by atoms with E-state index in [0.29, 0.717) is 0 Å². The van der Waals surface area contributed by atoms with Crippen molar-refractivity contribution in [2.75, 3.05) is 13.6 Å². The second-order valence-corrected chi connectivity index (χ2v) is 2.60. The van der Waals surface area contributed by atoms with Gasteiger partial charge >= 0.3 is 6.03 Å². The fraction of sp³-hybridized carbons (Fsp3) is 0.714. The summed E-state index contributed by atoms with van der Waals surface area (Å²) in [6.45, 7) is 4.38. The molecular weight excluding hydrogens is 194 g/mol. The first-order valence-electron chi connectivity index (χ1n) is 3.79. The minimum absolute atomic E-state index is 0. The Balaban J connectivity index is 0. The lowest BCUT2D eigenvalue weighted by molar-refractivity contribution is -0.124. The minimum Gasteiger partial charge on any atom is -0.351 e. The highest BCUT2D eigenvalue weighted by molar-refractivity contribution is 5.96. The van der Waals surface area contributed by atoms with Gasteiger partial charge in [0.2, 0.25) is 5.91 Å². The molecule has 0 saturated heterocycles. The van der Waals surface area contributed by atoms with Crippen molar-refractivity contribution < 1.29 is 9.59 Å². The fourth-order valence-electron chi connectivity index (χ4n) is 0.700. The van der Waals surface area contributed by atoms with Gasteiger partial charge < -0.3 is 5.73 Å². The Morgan fingerprint density at radius 3 is 2.31 bits per heavy atom. The molecule has 0 rings (SSSR count). The summed E-state index contributed by atoms with van der Waals surface area (Å²) in [5, 5.41) is 2.02. The molecule has 0 aromatic carbocycles. The van der Waals surface area contributed by atoms with Gasteiger partial charge in [0.05, 0.1) is 6.04 Å². The molecular formula is C7H16ClN3O2. The van der Waals surface area contributed by atoms with Crippen molar-refractivity contribution in [1.82, 2.24) is 10.2 Å². The largest absolute Gasteiger partial charge is 0.351 e. The molecule has 0 aliphatic carbocycles. The summed E-state index contributed by atoms with van der Waals surface area (Å²) in [7, 11) is 1.80. The summed E-state index contributed by atoms with van der Waals surface area (Å²) in [4.78, 5) is 23.2. The summed E-state index contributed by atoms with van der Waals surface area (Å²) in [6.07, 6.45) is 0. The Hall–Kier alpha value is -0.810. The lowest BCUT2D eigenvalue weighted by atomic mass is 10.3. The average molecular weight is 210 g/mol. The maximum atomic E-state index is 11.1. The maximum Gasteiger partial charge on any atom is 0.318 e. The first-order valence-corrected chi connectivity index (χ1v) is 3.79. The number of hydrogen-bond acceptors (Lipinski definition) is 3. The third kappa shape index (κ3) is 5.43. The van der Waals surface area contributed by atoms with Crippen molar-refractivity contribution in [2.24, 2.45) is 5.73 Å². The number of amides is 3. The molecule has 0 heterocycles. The molecule has 0 aromatic rings. The Bertz CT molecular complexity index is 187. The normalized spacial score (nSPS) is 11.7. The maximum absolute atomic E-state index is 11.1. The fourth-order valence-corrected chi connectivity index (χ4v) is 0.700. The van der Waals surface area contributed by atoms with Crippen LogP contribution < -0.4 is 11.1 Å². The number of urea groups is 1. The van der Waals surface area contributed by atoms with Crippen LogP contribution in [-0.2, 0) is 4.79 Å². The van der Waals surface area contributed by atoms with Gasteiger partial charge in [-0.15, -0.1) is 12.4 Å². The summed E-state index contributed by atoms with van der Waals surface area (Å²) in [5.41, 5.74) is 4.78. The van der Waals surface area contributed by atoms with Crippen LogP contribution in [0.15, 0.2) is 0 Å². The summed E-state index contributed by atoms with van der Waals surface area (Å²) in [5.74, 6) is -0.369. The van der Waals surface area contributed by atoms with E-state index in [-0.39, 0.29) is 24.4 Å². The number of carbonyl (C=O) groups is 2. The molecule has 1 unspecified atom stereocenters. The SMILES string of the molecule is CCN(C)C(C)C(=O)NC(N)=O.Cl. The number of likely N-dealkylation sites (N-methyl/N-ethyl adjacent to an activating group) is 1. The predicted molar refractivity (Wildman–Crippen MR) is 52.7 cm³/mol. The zero-order valence-electron chi connectivity index (χ0n) is 8.03. The lowest BCUT2D eigenvalue weighted by Crippen LogP contribution is -2.46. The van der Waals surface area contributed by atoms with Gasteiger partial charge in [0.15, 0.2) is 0 Å². The molecule has 1 atom stereocenters. The van der Waals surface area contributed by atoms with E-state index < -0.39 is 6.03 Å². The summed E-state index contributed by atoms with van der Waals surface area (Å²) in [6, 6.07) is -1.14. The van der Waals surface area contributed by atoms with Crippen LogP contribution in [0.3, 0.4) is 0 Å². The van der Waals surface area contributed by atoms with Crippen molar-refractivity contribution in [2.45, 2.75) is 19.9 Å². The highest BCUT2D eigenvalue weighted by Crippen LogP contribution is 1.93. The van der Waals surface area contributed by atoms with Crippen molar-refractivity contribution in [3.8, 4) is 0 Å². The van der Waals surface area contributed by atoms with E-state index >= 15 is 0 Å². The second kappa shape index (κ2) is 6.68. The minimum atomic E-state index is -0.809. The van der Waals surface area contributed by atoms with Crippen LogP contribution in [0.25, 0.3) is 0 Å². The summed E-state index contributed by atoms with van der Waals surface area (Å²) < 4.78 is 0. The van der Waals surface area contributed by atoms with Gasteiger partial charge in [-0.25, -0.2) is 4.79 Å². The van der Waals surface area contributed by atoms with Crippen molar-refractivity contribution in [3.63, 3.8) is 0 Å². The van der Waals surface area contributed by atoms with Gasteiger partial charge in [0, 0.05) is 0 Å². The molecule has 3 N–H and O–H groups in total. The second-order valence-electron chi connectivity index (χ2n) is 2.60. The average Bonchev–Trinajstić information content (AvgIpc) is 2.00. The third-order valence-electron chi connectivity index (χ3n) is 1.79. The van der Waals surface area contributed by atoms with Gasteiger partial charge in [-0.3, -0.25) is 15.0 Å². The van der Waals surface area contributed by atoms with Gasteiger partial charge in [0.1, 0.15) is 0 Å². The molecule has 6 heteroatoms. The number of nitrogens with two attached hydrogens (primary N) is 1. The van der Waals surface area contributed by atoms with E-state index in [1.165, 1.54) is 0 Å². The Labute approximate surface area is 84.1 Å². The molecule has 0 spiro atoms. The smallest absolute Gasteiger partial charge is 0.318 e. The number of nitrogens with zero attached hydrogens (tertiary/aromatic N) is 1. The number of imide groups is 1. The van der Waals surface area contributed by atoms with E-state index in [9.17, 15) is 9.59 Å². The zero-order valence-corrected chi connectivity index (χ0v) is 8.85. The molecule has 13 heavy (non-hydrogen) atoms. The van der Waals surface area contributed by atoms with Crippen molar-refractivity contribution in [3.05, 3.63) is 0 Å². The number of primary amides is 1. The highest BCUT2D eigenvalue weighted by Gasteiger charge is 2.17. The standard InChI is InChI=1S/C7H15N3O2.ClH/c1-4-10(3)5(2)6(11)9-7(8)12;/h5H,4H2,1-3H3,(H3,8,9,11,12);1H. The van der Waals surface area contributed by atoms with E-state index in [1.54, 1.807) is 18.9 Å². The Morgan fingerprint density at radius 1 is 1.54 bits per heavy atom. The topological polar surface area (TPSA) is 75.4 Å². The Kier molecular flexibility index (Phi) is 7.55. The number of carbonyl (C=O) groups excluding carboxylic acids is 2. The molecule has 0 aliphatic rings. The van der Waals surface area contributed by atoms with E-state index in [2.05, 4.69) is 0 Å². The number of nitrogens with one attached hydrogen (secondary N) is 1. The molecule has 5 nitrogen and oxygen atoms in total. The zero-order chi connectivity index (χ0) is 9.72. The third-order valence-corrected chi connectivity index (χ3v) is 1.79. The van der Waals surface area contributed by atoms with E-state index in [0.717, 1.165) is 6.54 Å². The predicted octanol–water partition coefficient (Wildman–Crippen LogP) is -0.0567. The molecule has 3 amide bonds. The van der Waals surface area contributed by atoms with Gasteiger partial charge in [0.25, 0.3) is 0 Å². The molecule has 0 aliphatic heterocycles. The first-order chi connectivity index (χ1) is 5.49. The van der Waals surface area contributed by atoms with Crippen LogP contribution in [0.4, 0.5) is 4.79 Å². The van der Waals surface area contributed by atoms with Crippen molar-refractivity contribution >= 4 is 24.3 Å². The molecule has 0 aromatic heterocycles. The van der Waals surface area contributed by atoms with Crippen LogP contribution in [-0.4, -0.2) is 36.5 Å². The highest BCUT2D eigenvalue weighted by atomic mass is 35.5. The number of hydrogen-bond donors (Lipinski definition) is 2. The Morgan fingerprint density at radius 2 is 2.00 bits per heavy atom. The molecule has 0 radical (unpaired) electrons. The summed E-state index contributed by atoms with van der Waals surface area (Å²) >= 11 is 0. The van der Waals surface area contributed by atoms with Crippen LogP contribution in [0, 0.1) is 0 Å². The van der Waals surface area contributed by atoms with Gasteiger partial charge in [-0.2, -0.15) is 0 Å². The molecule has 0 fully saturated rings. The monoisotopic (exact) mass is 209 g/mol. The van der Waals surface area contributed by atoms with E-state index in [4.69, 9.17) is 5.73 Å². The number of halogens is 1. The molecule has 0 saturated carbocycles.